The molecule has 4 aliphatic rings. The van der Waals surface area contributed by atoms with E-state index in [0.29, 0.717) is 39.5 Å². The van der Waals surface area contributed by atoms with Crippen molar-refractivity contribution in [2.75, 3.05) is 6.54 Å². The third-order valence-corrected chi connectivity index (χ3v) is 11.4. The summed E-state index contributed by atoms with van der Waals surface area (Å²) in [5.41, 5.74) is 5.92. The van der Waals surface area contributed by atoms with Gasteiger partial charge in [0.1, 0.15) is 0 Å². The number of hydrogen-bond donors (Lipinski definition) is 1. The summed E-state index contributed by atoms with van der Waals surface area (Å²) in [6.45, 7) is 5.51. The van der Waals surface area contributed by atoms with Gasteiger partial charge in [-0.25, -0.2) is 4.68 Å². The van der Waals surface area contributed by atoms with Gasteiger partial charge in [0, 0.05) is 32.4 Å². The number of benzene rings is 2. The maximum absolute atomic E-state index is 13.7. The van der Waals surface area contributed by atoms with Crippen LogP contribution in [0.25, 0.3) is 27.4 Å². The highest BCUT2D eigenvalue weighted by Gasteiger charge is 2.54. The summed E-state index contributed by atoms with van der Waals surface area (Å²) in [7, 11) is 0. The number of fused-ring (bicyclic) bond motifs is 5. The van der Waals surface area contributed by atoms with Gasteiger partial charge >= 0.3 is 0 Å². The zero-order valence-electron chi connectivity index (χ0n) is 22.1. The van der Waals surface area contributed by atoms with E-state index in [4.69, 9.17) is 28.3 Å². The summed E-state index contributed by atoms with van der Waals surface area (Å²) >= 11 is 14.7. The Labute approximate surface area is 243 Å². The fourth-order valence-electron chi connectivity index (χ4n) is 7.29. The molecule has 8 rings (SSSR count). The van der Waals surface area contributed by atoms with E-state index in [1.165, 1.54) is 34.6 Å². The maximum Gasteiger partial charge on any atom is 0.272 e. The summed E-state index contributed by atoms with van der Waals surface area (Å²) < 4.78 is 1.86. The van der Waals surface area contributed by atoms with Gasteiger partial charge in [-0.15, -0.1) is 11.3 Å². The van der Waals surface area contributed by atoms with Crippen LogP contribution in [0, 0.1) is 23.2 Å². The van der Waals surface area contributed by atoms with Crippen molar-refractivity contribution < 1.29 is 4.79 Å². The average Bonchev–Trinajstić information content (AvgIpc) is 3.54. The Bertz CT molecular complexity index is 1590. The van der Waals surface area contributed by atoms with Gasteiger partial charge in [0.05, 0.1) is 16.4 Å². The zero-order chi connectivity index (χ0) is 26.9. The fourth-order valence-corrected chi connectivity index (χ4v) is 8.94. The van der Waals surface area contributed by atoms with Gasteiger partial charge in [0.15, 0.2) is 5.69 Å². The smallest absolute Gasteiger partial charge is 0.272 e. The van der Waals surface area contributed by atoms with Gasteiger partial charge in [-0.05, 0) is 85.1 Å². The van der Waals surface area contributed by atoms with Crippen LogP contribution in [0.3, 0.4) is 0 Å². The minimum atomic E-state index is -0.0868. The quantitative estimate of drug-likeness (QED) is 0.259. The maximum atomic E-state index is 13.7. The molecule has 2 bridgehead atoms. The van der Waals surface area contributed by atoms with E-state index in [1.54, 1.807) is 6.07 Å². The van der Waals surface area contributed by atoms with Gasteiger partial charge in [-0.2, -0.15) is 5.10 Å². The van der Waals surface area contributed by atoms with Crippen LogP contribution in [-0.4, -0.2) is 22.2 Å². The molecule has 3 saturated carbocycles. The normalized spacial score (nSPS) is 22.5. The van der Waals surface area contributed by atoms with Crippen LogP contribution in [0.4, 0.5) is 0 Å². The summed E-state index contributed by atoms with van der Waals surface area (Å²) in [5.74, 6) is 1.99. The second-order valence-electron chi connectivity index (χ2n) is 11.9. The summed E-state index contributed by atoms with van der Waals surface area (Å²) in [4.78, 5) is 16.2. The predicted octanol–water partition coefficient (Wildman–Crippen LogP) is 8.48. The van der Waals surface area contributed by atoms with Crippen LogP contribution >= 0.6 is 34.5 Å². The van der Waals surface area contributed by atoms with Crippen molar-refractivity contribution in [2.45, 2.75) is 46.0 Å². The monoisotopic (exact) mass is 575 g/mol. The standard InChI is InChI=1S/C32H31Cl2N3OS/c1-32(2)20-9-8-19(24(32)14-20)17-35-31(38)29-22-11-13-27-23(16-28(39-27)18-6-4-3-5-7-18)30(22)37(36-29)26-12-10-21(33)15-25(26)34/h3-7,10,12,15-16,19-20,24H,8-9,11,13-14,17H2,1-2H3,(H,35,38). The molecule has 4 aliphatic carbocycles. The number of amides is 1. The molecule has 1 amide bonds. The molecule has 2 aromatic heterocycles. The first-order chi connectivity index (χ1) is 18.8. The molecule has 7 heteroatoms. The Balaban J connectivity index is 1.27. The third kappa shape index (κ3) is 4.16. The number of nitrogens with one attached hydrogen (secondary N) is 1. The van der Waals surface area contributed by atoms with E-state index >= 15 is 0 Å². The molecule has 0 radical (unpaired) electrons. The number of nitrogens with zero attached hydrogens (tertiary/aromatic N) is 2. The Morgan fingerprint density at radius 3 is 2.67 bits per heavy atom. The predicted molar refractivity (Wildman–Crippen MR) is 160 cm³/mol. The number of carbonyl (C=O) groups excluding carboxylic acids is 1. The summed E-state index contributed by atoms with van der Waals surface area (Å²) in [6, 6.07) is 18.1. The lowest BCUT2D eigenvalue weighted by Crippen LogP contribution is -2.54. The van der Waals surface area contributed by atoms with Crippen LogP contribution in [-0.2, 0) is 12.8 Å². The molecule has 2 aromatic carbocycles. The number of aryl methyl sites for hydroxylation is 1. The largest absolute Gasteiger partial charge is 0.350 e. The molecule has 200 valence electrons. The lowest BCUT2D eigenvalue weighted by Gasteiger charge is -2.60. The SMILES string of the molecule is CC1(C)C2CCC(CNC(=O)c3nn(-c4ccc(Cl)cc4Cl)c4c3CCc3sc(-c5ccccc5)cc3-4)C1C2. The fraction of sp³-hybridized carbons (Fsp3) is 0.375. The number of halogens is 2. The van der Waals surface area contributed by atoms with E-state index in [-0.39, 0.29) is 5.91 Å². The highest BCUT2D eigenvalue weighted by molar-refractivity contribution is 7.16. The molecule has 0 spiro atoms. The first kappa shape index (κ1) is 25.4. The molecule has 0 aliphatic heterocycles. The Morgan fingerprint density at radius 1 is 1.10 bits per heavy atom. The van der Waals surface area contributed by atoms with Crippen LogP contribution in [0.5, 0.6) is 0 Å². The highest BCUT2D eigenvalue weighted by Crippen LogP contribution is 2.61. The topological polar surface area (TPSA) is 46.9 Å². The molecule has 4 nitrogen and oxygen atoms in total. The van der Waals surface area contributed by atoms with Gasteiger partial charge in [-0.3, -0.25) is 4.79 Å². The van der Waals surface area contributed by atoms with Gasteiger partial charge < -0.3 is 5.32 Å². The first-order valence-electron chi connectivity index (χ1n) is 13.8. The summed E-state index contributed by atoms with van der Waals surface area (Å²) in [5, 5.41) is 9.30. The van der Waals surface area contributed by atoms with Crippen molar-refractivity contribution >= 4 is 40.4 Å². The van der Waals surface area contributed by atoms with E-state index in [2.05, 4.69) is 49.5 Å². The molecule has 1 N–H and O–H groups in total. The van der Waals surface area contributed by atoms with E-state index in [0.717, 1.165) is 41.3 Å². The van der Waals surface area contributed by atoms with Crippen molar-refractivity contribution in [3.8, 4) is 27.4 Å². The number of hydrogen-bond acceptors (Lipinski definition) is 3. The molecule has 2 heterocycles. The molecule has 39 heavy (non-hydrogen) atoms. The van der Waals surface area contributed by atoms with E-state index in [1.807, 2.05) is 34.2 Å². The minimum absolute atomic E-state index is 0.0868. The van der Waals surface area contributed by atoms with Gasteiger partial charge in [0.2, 0.25) is 0 Å². The van der Waals surface area contributed by atoms with Crippen molar-refractivity contribution in [1.29, 1.82) is 0 Å². The molecular weight excluding hydrogens is 545 g/mol. The first-order valence-corrected chi connectivity index (χ1v) is 15.4. The van der Waals surface area contributed by atoms with Crippen LogP contribution in [0.2, 0.25) is 10.0 Å². The van der Waals surface area contributed by atoms with Gasteiger partial charge in [-0.1, -0.05) is 67.4 Å². The summed E-state index contributed by atoms with van der Waals surface area (Å²) in [6.07, 6.45) is 5.43. The zero-order valence-corrected chi connectivity index (χ0v) is 24.5. The van der Waals surface area contributed by atoms with Crippen LogP contribution in [0.15, 0.2) is 54.6 Å². The van der Waals surface area contributed by atoms with Crippen LogP contribution in [0.1, 0.15) is 54.0 Å². The van der Waals surface area contributed by atoms with Crippen molar-refractivity contribution in [3.63, 3.8) is 0 Å². The molecule has 3 atom stereocenters. The number of carbonyl (C=O) groups is 1. The number of thiophene rings is 1. The van der Waals surface area contributed by atoms with Gasteiger partial charge in [0.25, 0.3) is 5.91 Å². The average molecular weight is 577 g/mol. The second kappa shape index (κ2) is 9.50. The Hall–Kier alpha value is -2.60. The number of rotatable bonds is 5. The Morgan fingerprint density at radius 2 is 1.92 bits per heavy atom. The minimum Gasteiger partial charge on any atom is -0.350 e. The van der Waals surface area contributed by atoms with E-state index in [9.17, 15) is 4.79 Å². The molecule has 0 saturated heterocycles. The van der Waals surface area contributed by atoms with Crippen molar-refractivity contribution in [3.05, 3.63) is 80.8 Å². The molecule has 3 fully saturated rings. The third-order valence-electron chi connectivity index (χ3n) is 9.59. The van der Waals surface area contributed by atoms with Crippen molar-refractivity contribution in [2.24, 2.45) is 23.2 Å². The molecular formula is C32H31Cl2N3OS. The molecule has 3 unspecified atom stereocenters. The van der Waals surface area contributed by atoms with E-state index < -0.39 is 0 Å². The highest BCUT2D eigenvalue weighted by atomic mass is 35.5. The lowest BCUT2D eigenvalue weighted by atomic mass is 9.45. The Kier molecular flexibility index (Phi) is 6.18. The lowest BCUT2D eigenvalue weighted by molar-refractivity contribution is -0.103. The number of aromatic nitrogens is 2. The van der Waals surface area contributed by atoms with Crippen LogP contribution < -0.4 is 5.32 Å². The second-order valence-corrected chi connectivity index (χ2v) is 13.9. The molecule has 4 aromatic rings. The van der Waals surface area contributed by atoms with Crippen molar-refractivity contribution in [1.82, 2.24) is 15.1 Å².